The van der Waals surface area contributed by atoms with Crippen LogP contribution in [0.5, 0.6) is 11.5 Å². The summed E-state index contributed by atoms with van der Waals surface area (Å²) in [6, 6.07) is 4.77. The largest absolute Gasteiger partial charge is 0.497 e. The molecule has 104 valence electrons. The van der Waals surface area contributed by atoms with Crippen LogP contribution in [0, 0.1) is 5.92 Å². The number of hydrogen-bond donors (Lipinski definition) is 2. The third-order valence-electron chi connectivity index (χ3n) is 2.60. The van der Waals surface area contributed by atoms with Crippen molar-refractivity contribution >= 4 is 11.9 Å². The lowest BCUT2D eigenvalue weighted by Crippen LogP contribution is -2.31. The molecule has 2 N–H and O–H groups in total. The molecule has 0 heterocycles. The molecule has 1 amide bonds. The highest BCUT2D eigenvalue weighted by molar-refractivity contribution is 5.95. The molecule has 6 nitrogen and oxygen atoms in total. The van der Waals surface area contributed by atoms with Gasteiger partial charge in [0.2, 0.25) is 0 Å². The minimum Gasteiger partial charge on any atom is -0.497 e. The second kappa shape index (κ2) is 6.63. The van der Waals surface area contributed by atoms with Gasteiger partial charge in [0.05, 0.1) is 20.1 Å². The number of aliphatic carboxylic acids is 1. The molecule has 0 aliphatic rings. The average molecular weight is 267 g/mol. The molecule has 0 aromatic heterocycles. The third kappa shape index (κ3) is 4.17. The molecular weight excluding hydrogens is 250 g/mol. The molecule has 19 heavy (non-hydrogen) atoms. The zero-order valence-electron chi connectivity index (χ0n) is 11.1. The summed E-state index contributed by atoms with van der Waals surface area (Å²) in [7, 11) is 2.98. The Labute approximate surface area is 111 Å². The highest BCUT2D eigenvalue weighted by Gasteiger charge is 2.14. The van der Waals surface area contributed by atoms with Crippen LogP contribution in [0.2, 0.25) is 0 Å². The number of carbonyl (C=O) groups is 2. The number of ether oxygens (including phenoxy) is 2. The monoisotopic (exact) mass is 267 g/mol. The van der Waals surface area contributed by atoms with E-state index < -0.39 is 11.9 Å². The molecule has 0 bridgehead atoms. The fourth-order valence-electron chi connectivity index (χ4n) is 1.37. The molecule has 1 aromatic carbocycles. The number of hydrogen-bond acceptors (Lipinski definition) is 4. The highest BCUT2D eigenvalue weighted by Crippen LogP contribution is 2.22. The summed E-state index contributed by atoms with van der Waals surface area (Å²) in [5, 5.41) is 11.3. The van der Waals surface area contributed by atoms with E-state index in [4.69, 9.17) is 14.6 Å². The molecule has 0 radical (unpaired) electrons. The van der Waals surface area contributed by atoms with E-state index in [9.17, 15) is 9.59 Å². The van der Waals surface area contributed by atoms with E-state index in [1.165, 1.54) is 21.1 Å². The molecule has 1 aromatic rings. The van der Waals surface area contributed by atoms with Gasteiger partial charge >= 0.3 is 5.97 Å². The van der Waals surface area contributed by atoms with Gasteiger partial charge in [0.1, 0.15) is 11.5 Å². The Morgan fingerprint density at radius 2 is 1.74 bits per heavy atom. The van der Waals surface area contributed by atoms with Crippen molar-refractivity contribution in [2.75, 3.05) is 20.8 Å². The van der Waals surface area contributed by atoms with Gasteiger partial charge < -0.3 is 19.9 Å². The lowest BCUT2D eigenvalue weighted by Gasteiger charge is -2.10. The van der Waals surface area contributed by atoms with Gasteiger partial charge in [-0.25, -0.2) is 0 Å². The number of carbonyl (C=O) groups excluding carboxylic acids is 1. The Morgan fingerprint density at radius 1 is 1.21 bits per heavy atom. The van der Waals surface area contributed by atoms with Gasteiger partial charge in [-0.15, -0.1) is 0 Å². The van der Waals surface area contributed by atoms with Gasteiger partial charge in [0.15, 0.2) is 0 Å². The van der Waals surface area contributed by atoms with E-state index in [0.29, 0.717) is 17.1 Å². The maximum absolute atomic E-state index is 11.9. The molecular formula is C13H17NO5. The Bertz CT molecular complexity index is 450. The highest BCUT2D eigenvalue weighted by atomic mass is 16.5. The van der Waals surface area contributed by atoms with Crippen molar-refractivity contribution in [2.24, 2.45) is 5.92 Å². The maximum atomic E-state index is 11.9. The first-order valence-electron chi connectivity index (χ1n) is 5.72. The number of amides is 1. The zero-order valence-corrected chi connectivity index (χ0v) is 11.1. The van der Waals surface area contributed by atoms with E-state index in [1.54, 1.807) is 18.2 Å². The van der Waals surface area contributed by atoms with Crippen molar-refractivity contribution in [3.8, 4) is 11.5 Å². The molecule has 1 rings (SSSR count). The lowest BCUT2D eigenvalue weighted by atomic mass is 10.1. The van der Waals surface area contributed by atoms with E-state index in [0.717, 1.165) is 0 Å². The molecule has 0 spiro atoms. The molecule has 1 atom stereocenters. The predicted octanol–water partition coefficient (Wildman–Crippen LogP) is 1.15. The molecule has 0 aliphatic carbocycles. The number of carboxylic acid groups (broad SMARTS) is 1. The quantitative estimate of drug-likeness (QED) is 0.807. The SMILES string of the molecule is COc1cc(OC)cc(C(=O)NCC(C)C(=O)O)c1. The fraction of sp³-hybridized carbons (Fsp3) is 0.385. The van der Waals surface area contributed by atoms with Crippen molar-refractivity contribution in [1.29, 1.82) is 0 Å². The standard InChI is InChI=1S/C13H17NO5/c1-8(13(16)17)7-14-12(15)9-4-10(18-2)6-11(5-9)19-3/h4-6,8H,7H2,1-3H3,(H,14,15)(H,16,17). The van der Waals surface area contributed by atoms with Crippen LogP contribution < -0.4 is 14.8 Å². The van der Waals surface area contributed by atoms with E-state index in [-0.39, 0.29) is 12.5 Å². The van der Waals surface area contributed by atoms with Crippen LogP contribution >= 0.6 is 0 Å². The minimum absolute atomic E-state index is 0.0632. The van der Waals surface area contributed by atoms with Crippen LogP contribution in [0.4, 0.5) is 0 Å². The minimum atomic E-state index is -0.955. The summed E-state index contributed by atoms with van der Waals surface area (Å²) in [6.07, 6.45) is 0. The first kappa shape index (κ1) is 14.8. The summed E-state index contributed by atoms with van der Waals surface area (Å²) in [4.78, 5) is 22.6. The molecule has 0 fully saturated rings. The van der Waals surface area contributed by atoms with Crippen LogP contribution in [0.15, 0.2) is 18.2 Å². The van der Waals surface area contributed by atoms with E-state index in [1.807, 2.05) is 0 Å². The normalized spacial score (nSPS) is 11.5. The molecule has 6 heteroatoms. The van der Waals surface area contributed by atoms with Gasteiger partial charge in [-0.3, -0.25) is 9.59 Å². The summed E-state index contributed by atoms with van der Waals surface area (Å²) in [5.74, 6) is -0.975. The van der Waals surface area contributed by atoms with E-state index in [2.05, 4.69) is 5.32 Å². The van der Waals surface area contributed by atoms with Crippen LogP contribution in [0.1, 0.15) is 17.3 Å². The van der Waals surface area contributed by atoms with Crippen LogP contribution in [-0.4, -0.2) is 37.7 Å². The summed E-state index contributed by atoms with van der Waals surface area (Å²) >= 11 is 0. The molecule has 1 unspecified atom stereocenters. The summed E-state index contributed by atoms with van der Waals surface area (Å²) in [5.41, 5.74) is 0.355. The van der Waals surface area contributed by atoms with Crippen LogP contribution in [0.25, 0.3) is 0 Å². The number of methoxy groups -OCH3 is 2. The topological polar surface area (TPSA) is 84.9 Å². The first-order chi connectivity index (χ1) is 8.97. The summed E-state index contributed by atoms with van der Waals surface area (Å²) < 4.78 is 10.1. The molecule has 0 saturated carbocycles. The van der Waals surface area contributed by atoms with Crippen molar-refractivity contribution in [3.63, 3.8) is 0 Å². The number of nitrogens with one attached hydrogen (secondary N) is 1. The molecule has 0 aliphatic heterocycles. The first-order valence-corrected chi connectivity index (χ1v) is 5.72. The second-order valence-corrected chi connectivity index (χ2v) is 4.05. The van der Waals surface area contributed by atoms with Crippen molar-refractivity contribution < 1.29 is 24.2 Å². The number of carboxylic acids is 1. The zero-order chi connectivity index (χ0) is 14.4. The van der Waals surface area contributed by atoms with Crippen LogP contribution in [-0.2, 0) is 4.79 Å². The van der Waals surface area contributed by atoms with Gasteiger partial charge in [0.25, 0.3) is 5.91 Å². The summed E-state index contributed by atoms with van der Waals surface area (Å²) in [6.45, 7) is 1.59. The lowest BCUT2D eigenvalue weighted by molar-refractivity contribution is -0.140. The number of benzene rings is 1. The van der Waals surface area contributed by atoms with Crippen molar-refractivity contribution in [1.82, 2.24) is 5.32 Å². The van der Waals surface area contributed by atoms with Gasteiger partial charge in [-0.2, -0.15) is 0 Å². The Balaban J connectivity index is 2.78. The maximum Gasteiger partial charge on any atom is 0.308 e. The van der Waals surface area contributed by atoms with Crippen molar-refractivity contribution in [2.45, 2.75) is 6.92 Å². The fourth-order valence-corrected chi connectivity index (χ4v) is 1.37. The average Bonchev–Trinajstić information content (AvgIpc) is 2.43. The Hall–Kier alpha value is -2.24. The number of rotatable bonds is 6. The Morgan fingerprint density at radius 3 is 2.16 bits per heavy atom. The van der Waals surface area contributed by atoms with E-state index >= 15 is 0 Å². The second-order valence-electron chi connectivity index (χ2n) is 4.05. The smallest absolute Gasteiger partial charge is 0.308 e. The van der Waals surface area contributed by atoms with Crippen LogP contribution in [0.3, 0.4) is 0 Å². The van der Waals surface area contributed by atoms with Gasteiger partial charge in [-0.05, 0) is 12.1 Å². The van der Waals surface area contributed by atoms with Gasteiger partial charge in [0, 0.05) is 18.2 Å². The molecule has 0 saturated heterocycles. The van der Waals surface area contributed by atoms with Crippen molar-refractivity contribution in [3.05, 3.63) is 23.8 Å². The Kier molecular flexibility index (Phi) is 5.17. The van der Waals surface area contributed by atoms with Gasteiger partial charge in [-0.1, -0.05) is 6.92 Å². The predicted molar refractivity (Wildman–Crippen MR) is 68.7 cm³/mol. The third-order valence-corrected chi connectivity index (χ3v) is 2.60.